The van der Waals surface area contributed by atoms with Crippen LogP contribution < -0.4 is 10.1 Å². The fourth-order valence-electron chi connectivity index (χ4n) is 2.61. The first kappa shape index (κ1) is 20.4. The molecule has 0 spiro atoms. The Bertz CT molecular complexity index is 1100. The Morgan fingerprint density at radius 2 is 1.63 bits per heavy atom. The van der Waals surface area contributed by atoms with Crippen LogP contribution in [0.25, 0.3) is 6.08 Å². The van der Waals surface area contributed by atoms with Crippen LogP contribution in [0.15, 0.2) is 84.4 Å². The summed E-state index contributed by atoms with van der Waals surface area (Å²) in [6, 6.07) is 24.3. The molecule has 0 aromatic heterocycles. The topological polar surface area (TPSA) is 99.4 Å². The standard InChI is InChI=1S/C24H18N2O4/c25-15-20(23(27)26-21-4-2-1-3-5-21)14-17-8-12-22(13-9-17)30-16-18-6-10-19(11-7-18)24(28)29/h1-14H,16H2,(H,26,27)(H,28,29). The lowest BCUT2D eigenvalue weighted by Gasteiger charge is -2.07. The lowest BCUT2D eigenvalue weighted by atomic mass is 10.1. The highest BCUT2D eigenvalue weighted by Crippen LogP contribution is 2.17. The number of nitrogens with zero attached hydrogens (tertiary/aromatic N) is 1. The Morgan fingerprint density at radius 1 is 0.967 bits per heavy atom. The van der Waals surface area contributed by atoms with Crippen molar-refractivity contribution in [1.29, 1.82) is 5.26 Å². The molecule has 148 valence electrons. The number of rotatable bonds is 7. The Kier molecular flexibility index (Phi) is 6.59. The first-order valence-electron chi connectivity index (χ1n) is 9.08. The SMILES string of the molecule is N#CC(=Cc1ccc(OCc2ccc(C(=O)O)cc2)cc1)C(=O)Nc1ccccc1. The van der Waals surface area contributed by atoms with Gasteiger partial charge in [-0.25, -0.2) is 4.79 Å². The van der Waals surface area contributed by atoms with E-state index in [1.165, 1.54) is 18.2 Å². The molecule has 0 unspecified atom stereocenters. The predicted octanol–water partition coefficient (Wildman–Crippen LogP) is 4.51. The summed E-state index contributed by atoms with van der Waals surface area (Å²) < 4.78 is 5.69. The summed E-state index contributed by atoms with van der Waals surface area (Å²) in [6.07, 6.45) is 1.51. The number of carbonyl (C=O) groups excluding carboxylic acids is 1. The quantitative estimate of drug-likeness (QED) is 0.451. The molecule has 2 N–H and O–H groups in total. The first-order valence-corrected chi connectivity index (χ1v) is 9.08. The van der Waals surface area contributed by atoms with Gasteiger partial charge in [0.25, 0.3) is 5.91 Å². The second-order valence-corrected chi connectivity index (χ2v) is 6.35. The van der Waals surface area contributed by atoms with Crippen molar-refractivity contribution in [1.82, 2.24) is 0 Å². The molecular formula is C24H18N2O4. The highest BCUT2D eigenvalue weighted by Gasteiger charge is 2.09. The maximum atomic E-state index is 12.3. The van der Waals surface area contributed by atoms with Gasteiger partial charge in [0.15, 0.2) is 0 Å². The summed E-state index contributed by atoms with van der Waals surface area (Å²) in [7, 11) is 0. The fraction of sp³-hybridized carbons (Fsp3) is 0.0417. The van der Waals surface area contributed by atoms with E-state index in [0.29, 0.717) is 17.0 Å². The van der Waals surface area contributed by atoms with E-state index in [-0.39, 0.29) is 17.7 Å². The van der Waals surface area contributed by atoms with Gasteiger partial charge in [0, 0.05) is 5.69 Å². The van der Waals surface area contributed by atoms with Crippen molar-refractivity contribution >= 4 is 23.6 Å². The van der Waals surface area contributed by atoms with Gasteiger partial charge < -0.3 is 15.2 Å². The van der Waals surface area contributed by atoms with E-state index >= 15 is 0 Å². The number of carboxylic acid groups (broad SMARTS) is 1. The molecule has 0 saturated heterocycles. The minimum absolute atomic E-state index is 0.00829. The molecule has 1 amide bonds. The molecule has 0 radical (unpaired) electrons. The summed E-state index contributed by atoms with van der Waals surface area (Å²) in [4.78, 5) is 23.2. The van der Waals surface area contributed by atoms with Gasteiger partial charge in [0.2, 0.25) is 0 Å². The third-order valence-corrected chi connectivity index (χ3v) is 4.19. The average molecular weight is 398 g/mol. The van der Waals surface area contributed by atoms with Gasteiger partial charge in [0.05, 0.1) is 5.56 Å². The van der Waals surface area contributed by atoms with E-state index in [4.69, 9.17) is 9.84 Å². The lowest BCUT2D eigenvalue weighted by Crippen LogP contribution is -2.13. The van der Waals surface area contributed by atoms with E-state index in [2.05, 4.69) is 5.32 Å². The van der Waals surface area contributed by atoms with Gasteiger partial charge in [0.1, 0.15) is 24.0 Å². The molecule has 6 heteroatoms. The number of nitrogens with one attached hydrogen (secondary N) is 1. The number of ether oxygens (including phenoxy) is 1. The Labute approximate surface area is 173 Å². The molecule has 0 atom stereocenters. The van der Waals surface area contributed by atoms with E-state index in [1.807, 2.05) is 12.1 Å². The lowest BCUT2D eigenvalue weighted by molar-refractivity contribution is -0.112. The molecule has 3 rings (SSSR count). The number of carboxylic acids is 1. The van der Waals surface area contributed by atoms with E-state index in [1.54, 1.807) is 60.7 Å². The van der Waals surface area contributed by atoms with Crippen molar-refractivity contribution in [3.8, 4) is 11.8 Å². The number of benzene rings is 3. The normalized spacial score (nSPS) is 10.7. The van der Waals surface area contributed by atoms with Gasteiger partial charge in [-0.1, -0.05) is 42.5 Å². The molecule has 3 aromatic carbocycles. The number of anilines is 1. The molecular weight excluding hydrogens is 380 g/mol. The number of amides is 1. The zero-order valence-electron chi connectivity index (χ0n) is 15.9. The smallest absolute Gasteiger partial charge is 0.335 e. The van der Waals surface area contributed by atoms with Crippen LogP contribution in [0.4, 0.5) is 5.69 Å². The molecule has 0 aliphatic carbocycles. The zero-order valence-corrected chi connectivity index (χ0v) is 15.9. The summed E-state index contributed by atoms with van der Waals surface area (Å²) in [5.74, 6) is -0.837. The van der Waals surface area contributed by atoms with Crippen molar-refractivity contribution in [2.75, 3.05) is 5.32 Å². The molecule has 30 heavy (non-hydrogen) atoms. The van der Waals surface area contributed by atoms with Gasteiger partial charge in [-0.3, -0.25) is 4.79 Å². The van der Waals surface area contributed by atoms with Gasteiger partial charge in [-0.2, -0.15) is 5.26 Å². The van der Waals surface area contributed by atoms with Gasteiger partial charge >= 0.3 is 5.97 Å². The van der Waals surface area contributed by atoms with E-state index in [9.17, 15) is 14.9 Å². The predicted molar refractivity (Wildman–Crippen MR) is 113 cm³/mol. The third kappa shape index (κ3) is 5.57. The fourth-order valence-corrected chi connectivity index (χ4v) is 2.61. The molecule has 0 aliphatic rings. The largest absolute Gasteiger partial charge is 0.489 e. The summed E-state index contributed by atoms with van der Waals surface area (Å²) in [6.45, 7) is 0.290. The molecule has 6 nitrogen and oxygen atoms in total. The highest BCUT2D eigenvalue weighted by molar-refractivity contribution is 6.09. The van der Waals surface area contributed by atoms with Gasteiger partial charge in [-0.15, -0.1) is 0 Å². The summed E-state index contributed by atoms with van der Waals surface area (Å²) in [5, 5.41) is 20.9. The Balaban J connectivity index is 1.61. The second-order valence-electron chi connectivity index (χ2n) is 6.35. The summed E-state index contributed by atoms with van der Waals surface area (Å²) in [5.41, 5.74) is 2.36. The molecule has 0 fully saturated rings. The molecule has 0 bridgehead atoms. The summed E-state index contributed by atoms with van der Waals surface area (Å²) >= 11 is 0. The minimum atomic E-state index is -0.972. The molecule has 0 saturated carbocycles. The number of para-hydroxylation sites is 1. The van der Waals surface area contributed by atoms with Crippen molar-refractivity contribution in [2.24, 2.45) is 0 Å². The molecule has 0 aliphatic heterocycles. The van der Waals surface area contributed by atoms with Crippen LogP contribution in [0.3, 0.4) is 0 Å². The Morgan fingerprint density at radius 3 is 2.23 bits per heavy atom. The van der Waals surface area contributed by atoms with Gasteiger partial charge in [-0.05, 0) is 53.6 Å². The van der Waals surface area contributed by atoms with Crippen LogP contribution in [0.1, 0.15) is 21.5 Å². The monoisotopic (exact) mass is 398 g/mol. The van der Waals surface area contributed by atoms with E-state index < -0.39 is 11.9 Å². The molecule has 3 aromatic rings. The number of hydrogen-bond donors (Lipinski definition) is 2. The Hall–Kier alpha value is -4.37. The maximum absolute atomic E-state index is 12.3. The van der Waals surface area contributed by atoms with Crippen LogP contribution in [0, 0.1) is 11.3 Å². The van der Waals surface area contributed by atoms with Crippen molar-refractivity contribution in [2.45, 2.75) is 6.61 Å². The average Bonchev–Trinajstić information content (AvgIpc) is 2.77. The van der Waals surface area contributed by atoms with Crippen molar-refractivity contribution < 1.29 is 19.4 Å². The number of aromatic carboxylic acids is 1. The van der Waals surface area contributed by atoms with Crippen LogP contribution in [0.2, 0.25) is 0 Å². The van der Waals surface area contributed by atoms with Crippen molar-refractivity contribution in [3.63, 3.8) is 0 Å². The maximum Gasteiger partial charge on any atom is 0.335 e. The second kappa shape index (κ2) is 9.71. The van der Waals surface area contributed by atoms with Crippen LogP contribution in [-0.2, 0) is 11.4 Å². The minimum Gasteiger partial charge on any atom is -0.489 e. The zero-order chi connectivity index (χ0) is 21.3. The first-order chi connectivity index (χ1) is 14.5. The molecule has 0 heterocycles. The van der Waals surface area contributed by atoms with E-state index in [0.717, 1.165) is 5.56 Å². The van der Waals surface area contributed by atoms with Crippen LogP contribution in [0.5, 0.6) is 5.75 Å². The number of nitriles is 1. The number of hydrogen-bond acceptors (Lipinski definition) is 4. The third-order valence-electron chi connectivity index (χ3n) is 4.19. The van der Waals surface area contributed by atoms with Crippen LogP contribution >= 0.6 is 0 Å². The highest BCUT2D eigenvalue weighted by atomic mass is 16.5. The number of carbonyl (C=O) groups is 2. The van der Waals surface area contributed by atoms with Crippen LogP contribution in [-0.4, -0.2) is 17.0 Å². The van der Waals surface area contributed by atoms with Crippen molar-refractivity contribution in [3.05, 3.63) is 101 Å².